The number of benzene rings is 3. The van der Waals surface area contributed by atoms with Crippen molar-refractivity contribution in [3.63, 3.8) is 0 Å². The first-order chi connectivity index (χ1) is 17.9. The molecule has 38 heavy (non-hydrogen) atoms. The molecule has 0 atom stereocenters. The number of likely N-dealkylation sites (tertiary alicyclic amines) is 1. The summed E-state index contributed by atoms with van der Waals surface area (Å²) in [6.07, 6.45) is 6.26. The zero-order valence-electron chi connectivity index (χ0n) is 20.7. The van der Waals surface area contributed by atoms with Gasteiger partial charge in [-0.15, -0.1) is 12.4 Å². The zero-order chi connectivity index (χ0) is 26.2. The molecule has 1 amide bonds. The van der Waals surface area contributed by atoms with E-state index in [1.165, 1.54) is 24.3 Å². The van der Waals surface area contributed by atoms with Gasteiger partial charge in [0.2, 0.25) is 5.91 Å². The second kappa shape index (κ2) is 14.1. The minimum absolute atomic E-state index is 0. The molecule has 8 heteroatoms. The van der Waals surface area contributed by atoms with Crippen LogP contribution in [0.3, 0.4) is 0 Å². The molecular weight excluding hydrogens is 527 g/mol. The first-order valence-electron chi connectivity index (χ1n) is 12.3. The molecule has 0 unspecified atom stereocenters. The lowest BCUT2D eigenvalue weighted by Crippen LogP contribution is -2.36. The zero-order valence-corrected chi connectivity index (χ0v) is 22.3. The van der Waals surface area contributed by atoms with Crippen LogP contribution in [0.15, 0.2) is 72.8 Å². The highest BCUT2D eigenvalue weighted by molar-refractivity contribution is 6.32. The van der Waals surface area contributed by atoms with Crippen molar-refractivity contribution in [2.24, 2.45) is 5.92 Å². The Morgan fingerprint density at radius 2 is 1.61 bits per heavy atom. The monoisotopic (exact) mass is 555 g/mol. The van der Waals surface area contributed by atoms with Gasteiger partial charge < -0.3 is 5.32 Å². The average Bonchev–Trinajstić information content (AvgIpc) is 2.90. The standard InChI is InChI=1S/C30H28ClF2N3O.ClH/c31-28-18-22(20-34)3-4-23(28)2-1-15-36-16-13-21(14-17-36)19-29(37)35-30(24-5-9-26(32)10-6-24)25-7-11-27(33)12-8-25;/h1-12,18,21,30H,13-17,19H2,(H,35,37);1H/b2-1+;. The minimum atomic E-state index is -0.479. The Kier molecular flexibility index (Phi) is 10.8. The third kappa shape index (κ3) is 8.13. The van der Waals surface area contributed by atoms with E-state index in [4.69, 9.17) is 16.9 Å². The number of nitrogens with one attached hydrogen (secondary N) is 1. The van der Waals surface area contributed by atoms with Crippen LogP contribution in [0.2, 0.25) is 5.02 Å². The maximum Gasteiger partial charge on any atom is 0.221 e. The van der Waals surface area contributed by atoms with E-state index in [0.717, 1.165) is 49.2 Å². The number of hydrogen-bond acceptors (Lipinski definition) is 3. The predicted octanol–water partition coefficient (Wildman–Crippen LogP) is 6.93. The van der Waals surface area contributed by atoms with Gasteiger partial charge in [-0.2, -0.15) is 5.26 Å². The lowest BCUT2D eigenvalue weighted by Gasteiger charge is -2.31. The van der Waals surface area contributed by atoms with Gasteiger partial charge in [-0.05, 0) is 84.9 Å². The molecule has 0 aliphatic carbocycles. The number of carbonyl (C=O) groups is 1. The molecule has 0 aromatic heterocycles. The van der Waals surface area contributed by atoms with Crippen LogP contribution in [-0.2, 0) is 4.79 Å². The van der Waals surface area contributed by atoms with Crippen molar-refractivity contribution in [2.75, 3.05) is 19.6 Å². The Balaban J connectivity index is 0.00000400. The van der Waals surface area contributed by atoms with Gasteiger partial charge in [0.1, 0.15) is 11.6 Å². The number of amides is 1. The maximum absolute atomic E-state index is 13.5. The van der Waals surface area contributed by atoms with Gasteiger partial charge >= 0.3 is 0 Å². The molecule has 4 nitrogen and oxygen atoms in total. The Hall–Kier alpha value is -3.24. The topological polar surface area (TPSA) is 56.1 Å². The van der Waals surface area contributed by atoms with Gasteiger partial charge in [0.25, 0.3) is 0 Å². The first kappa shape index (κ1) is 29.3. The van der Waals surface area contributed by atoms with Crippen LogP contribution in [-0.4, -0.2) is 30.4 Å². The summed E-state index contributed by atoms with van der Waals surface area (Å²) in [6, 6.07) is 18.8. The largest absolute Gasteiger partial charge is 0.345 e. The fourth-order valence-corrected chi connectivity index (χ4v) is 4.83. The average molecular weight is 556 g/mol. The number of halogens is 4. The van der Waals surface area contributed by atoms with E-state index in [1.54, 1.807) is 36.4 Å². The van der Waals surface area contributed by atoms with Crippen molar-refractivity contribution in [1.82, 2.24) is 10.2 Å². The number of carbonyl (C=O) groups excluding carboxylic acids is 1. The van der Waals surface area contributed by atoms with E-state index >= 15 is 0 Å². The fraction of sp³-hybridized carbons (Fsp3) is 0.267. The molecule has 0 radical (unpaired) electrons. The van der Waals surface area contributed by atoms with Crippen LogP contribution in [0.5, 0.6) is 0 Å². The van der Waals surface area contributed by atoms with Gasteiger partial charge in [0.15, 0.2) is 0 Å². The van der Waals surface area contributed by atoms with Crippen LogP contribution in [0.25, 0.3) is 6.08 Å². The smallest absolute Gasteiger partial charge is 0.221 e. The number of piperidine rings is 1. The number of nitriles is 1. The van der Waals surface area contributed by atoms with E-state index in [9.17, 15) is 13.6 Å². The molecule has 1 N–H and O–H groups in total. The van der Waals surface area contributed by atoms with E-state index < -0.39 is 6.04 Å². The molecule has 3 aromatic rings. The SMILES string of the molecule is Cl.N#Cc1ccc(/C=C/CN2CCC(CC(=O)NC(c3ccc(F)cc3)c3ccc(F)cc3)CC2)c(Cl)c1. The molecule has 1 aliphatic heterocycles. The summed E-state index contributed by atoms with van der Waals surface area (Å²) >= 11 is 6.24. The molecule has 1 fully saturated rings. The summed E-state index contributed by atoms with van der Waals surface area (Å²) in [4.78, 5) is 15.3. The molecular formula is C30H29Cl2F2N3O. The Morgan fingerprint density at radius 3 is 2.13 bits per heavy atom. The van der Waals surface area contributed by atoms with Gasteiger partial charge in [-0.1, -0.05) is 54.1 Å². The lowest BCUT2D eigenvalue weighted by molar-refractivity contribution is -0.122. The first-order valence-corrected chi connectivity index (χ1v) is 12.7. The lowest BCUT2D eigenvalue weighted by atomic mass is 9.92. The highest BCUT2D eigenvalue weighted by Gasteiger charge is 2.23. The summed E-state index contributed by atoms with van der Waals surface area (Å²) in [6.45, 7) is 2.57. The van der Waals surface area contributed by atoms with Gasteiger partial charge in [-0.25, -0.2) is 8.78 Å². The molecule has 0 spiro atoms. The van der Waals surface area contributed by atoms with Crippen molar-refractivity contribution < 1.29 is 13.6 Å². The van der Waals surface area contributed by atoms with Crippen LogP contribution in [0, 0.1) is 28.9 Å². The van der Waals surface area contributed by atoms with Gasteiger partial charge in [-0.3, -0.25) is 9.69 Å². The van der Waals surface area contributed by atoms with E-state index in [0.29, 0.717) is 17.0 Å². The van der Waals surface area contributed by atoms with Crippen LogP contribution in [0.4, 0.5) is 8.78 Å². The maximum atomic E-state index is 13.5. The summed E-state index contributed by atoms with van der Waals surface area (Å²) in [5, 5.41) is 12.6. The quantitative estimate of drug-likeness (QED) is 0.327. The molecule has 1 aliphatic rings. The van der Waals surface area contributed by atoms with Crippen LogP contribution >= 0.6 is 24.0 Å². The predicted molar refractivity (Wildman–Crippen MR) is 149 cm³/mol. The normalized spacial score (nSPS) is 14.3. The van der Waals surface area contributed by atoms with Crippen molar-refractivity contribution in [3.05, 3.63) is 112 Å². The van der Waals surface area contributed by atoms with Crippen molar-refractivity contribution in [1.29, 1.82) is 5.26 Å². The Labute approximate surface area is 233 Å². The highest BCUT2D eigenvalue weighted by Crippen LogP contribution is 2.25. The fourth-order valence-electron chi connectivity index (χ4n) is 4.59. The van der Waals surface area contributed by atoms with Crippen molar-refractivity contribution >= 4 is 36.0 Å². The van der Waals surface area contributed by atoms with Gasteiger partial charge in [0.05, 0.1) is 17.7 Å². The number of rotatable bonds is 8. The second-order valence-electron chi connectivity index (χ2n) is 9.30. The van der Waals surface area contributed by atoms with E-state index in [2.05, 4.69) is 22.4 Å². The van der Waals surface area contributed by atoms with Crippen molar-refractivity contribution in [2.45, 2.75) is 25.3 Å². The second-order valence-corrected chi connectivity index (χ2v) is 9.71. The third-order valence-electron chi connectivity index (χ3n) is 6.68. The number of hydrogen-bond donors (Lipinski definition) is 1. The summed E-state index contributed by atoms with van der Waals surface area (Å²) in [5.41, 5.74) is 2.90. The minimum Gasteiger partial charge on any atom is -0.345 e. The molecule has 4 rings (SSSR count). The van der Waals surface area contributed by atoms with E-state index in [-0.39, 0.29) is 35.9 Å². The molecule has 0 bridgehead atoms. The molecule has 3 aromatic carbocycles. The highest BCUT2D eigenvalue weighted by atomic mass is 35.5. The molecule has 198 valence electrons. The Bertz CT molecular complexity index is 1240. The number of nitrogens with zero attached hydrogens (tertiary/aromatic N) is 2. The van der Waals surface area contributed by atoms with Crippen LogP contribution in [0.1, 0.15) is 47.6 Å². The third-order valence-corrected chi connectivity index (χ3v) is 7.01. The Morgan fingerprint density at radius 1 is 1.03 bits per heavy atom. The molecule has 1 heterocycles. The van der Waals surface area contributed by atoms with Gasteiger partial charge in [0, 0.05) is 18.0 Å². The molecule has 0 saturated carbocycles. The summed E-state index contributed by atoms with van der Waals surface area (Å²) in [5.74, 6) is -0.508. The summed E-state index contributed by atoms with van der Waals surface area (Å²) in [7, 11) is 0. The van der Waals surface area contributed by atoms with E-state index in [1.807, 2.05) is 12.1 Å². The molecule has 1 saturated heterocycles. The summed E-state index contributed by atoms with van der Waals surface area (Å²) < 4.78 is 26.9. The van der Waals surface area contributed by atoms with Crippen molar-refractivity contribution in [3.8, 4) is 6.07 Å². The van der Waals surface area contributed by atoms with Crippen LogP contribution < -0.4 is 5.32 Å².